The van der Waals surface area contributed by atoms with Gasteiger partial charge in [-0.15, -0.1) is 5.10 Å². The van der Waals surface area contributed by atoms with Gasteiger partial charge in [-0.1, -0.05) is 40.8 Å². The van der Waals surface area contributed by atoms with Crippen LogP contribution in [0.25, 0.3) is 15.9 Å². The van der Waals surface area contributed by atoms with Crippen molar-refractivity contribution in [2.24, 2.45) is 0 Å². The van der Waals surface area contributed by atoms with Gasteiger partial charge in [0.1, 0.15) is 5.82 Å². The van der Waals surface area contributed by atoms with Gasteiger partial charge in [-0.3, -0.25) is 4.79 Å². The van der Waals surface area contributed by atoms with E-state index < -0.39 is 0 Å². The zero-order valence-electron chi connectivity index (χ0n) is 14.1. The van der Waals surface area contributed by atoms with Crippen LogP contribution in [-0.2, 0) is 4.79 Å². The highest BCUT2D eigenvalue weighted by molar-refractivity contribution is 7.99. The van der Waals surface area contributed by atoms with Crippen molar-refractivity contribution in [2.75, 3.05) is 11.1 Å². The number of hydrogen-bond donors (Lipinski definition) is 1. The van der Waals surface area contributed by atoms with Crippen molar-refractivity contribution in [2.45, 2.75) is 12.1 Å². The van der Waals surface area contributed by atoms with E-state index in [0.717, 1.165) is 11.3 Å². The highest BCUT2D eigenvalue weighted by atomic mass is 32.2. The SMILES string of the molecule is Cc1ccc(-n2nnnc2SCC(=O)Nc2nc3ccc(F)cc3s2)cc1. The molecule has 0 saturated carbocycles. The van der Waals surface area contributed by atoms with Crippen molar-refractivity contribution in [3.05, 3.63) is 53.8 Å². The number of aryl methyl sites for hydroxylation is 1. The van der Waals surface area contributed by atoms with Gasteiger partial charge in [-0.2, -0.15) is 4.68 Å². The molecule has 27 heavy (non-hydrogen) atoms. The van der Waals surface area contributed by atoms with Crippen LogP contribution in [0.15, 0.2) is 47.6 Å². The quantitative estimate of drug-likeness (QED) is 0.517. The molecular formula is C17H13FN6OS2. The highest BCUT2D eigenvalue weighted by Crippen LogP contribution is 2.27. The fourth-order valence-corrected chi connectivity index (χ4v) is 3.95. The van der Waals surface area contributed by atoms with E-state index >= 15 is 0 Å². The fourth-order valence-electron chi connectivity index (χ4n) is 2.35. The van der Waals surface area contributed by atoms with Gasteiger partial charge in [-0.25, -0.2) is 9.37 Å². The second-order valence-corrected chi connectivity index (χ2v) is 7.65. The molecule has 0 unspecified atom stereocenters. The molecule has 0 atom stereocenters. The number of carbonyl (C=O) groups is 1. The number of tetrazole rings is 1. The Balaban J connectivity index is 1.42. The van der Waals surface area contributed by atoms with Gasteiger partial charge < -0.3 is 5.32 Å². The van der Waals surface area contributed by atoms with Crippen LogP contribution in [0.5, 0.6) is 0 Å². The molecule has 0 fully saturated rings. The number of thiazole rings is 1. The first-order valence-corrected chi connectivity index (χ1v) is 9.73. The molecule has 0 radical (unpaired) electrons. The first-order valence-electron chi connectivity index (χ1n) is 7.93. The maximum Gasteiger partial charge on any atom is 0.236 e. The van der Waals surface area contributed by atoms with Crippen molar-refractivity contribution in [1.29, 1.82) is 0 Å². The Morgan fingerprint density at radius 2 is 2.07 bits per heavy atom. The second kappa shape index (κ2) is 7.41. The predicted molar refractivity (Wildman–Crippen MR) is 103 cm³/mol. The summed E-state index contributed by atoms with van der Waals surface area (Å²) in [7, 11) is 0. The van der Waals surface area contributed by atoms with Crippen molar-refractivity contribution >= 4 is 44.4 Å². The topological polar surface area (TPSA) is 85.6 Å². The number of rotatable bonds is 5. The van der Waals surface area contributed by atoms with Gasteiger partial charge in [0.05, 0.1) is 21.7 Å². The molecule has 0 saturated heterocycles. The molecule has 1 N–H and O–H groups in total. The molecule has 4 rings (SSSR count). The number of benzene rings is 2. The van der Waals surface area contributed by atoms with E-state index in [4.69, 9.17) is 0 Å². The monoisotopic (exact) mass is 400 g/mol. The molecule has 2 aromatic carbocycles. The summed E-state index contributed by atoms with van der Waals surface area (Å²) in [6.07, 6.45) is 0. The zero-order chi connectivity index (χ0) is 18.8. The minimum Gasteiger partial charge on any atom is -0.301 e. The second-order valence-electron chi connectivity index (χ2n) is 5.68. The smallest absolute Gasteiger partial charge is 0.236 e. The number of amides is 1. The summed E-state index contributed by atoms with van der Waals surface area (Å²) in [5, 5.41) is 15.3. The Hall–Kier alpha value is -2.85. The molecule has 0 aliphatic rings. The number of halogens is 1. The van der Waals surface area contributed by atoms with Gasteiger partial charge in [-0.05, 0) is 47.7 Å². The summed E-state index contributed by atoms with van der Waals surface area (Å²) in [6, 6.07) is 12.1. The van der Waals surface area contributed by atoms with Crippen LogP contribution in [0.3, 0.4) is 0 Å². The predicted octanol–water partition coefficient (Wildman–Crippen LogP) is 3.45. The third kappa shape index (κ3) is 3.96. The van der Waals surface area contributed by atoms with E-state index in [-0.39, 0.29) is 17.5 Å². The van der Waals surface area contributed by atoms with E-state index in [1.807, 2.05) is 31.2 Å². The van der Waals surface area contributed by atoms with Crippen LogP contribution in [0.2, 0.25) is 0 Å². The maximum atomic E-state index is 13.3. The Morgan fingerprint density at radius 3 is 2.89 bits per heavy atom. The summed E-state index contributed by atoms with van der Waals surface area (Å²) >= 11 is 2.45. The number of fused-ring (bicyclic) bond motifs is 1. The van der Waals surface area contributed by atoms with E-state index in [2.05, 4.69) is 25.8 Å². The van der Waals surface area contributed by atoms with E-state index in [9.17, 15) is 9.18 Å². The Kier molecular flexibility index (Phi) is 4.82. The number of nitrogens with zero attached hydrogens (tertiary/aromatic N) is 5. The number of hydrogen-bond acceptors (Lipinski definition) is 7. The summed E-state index contributed by atoms with van der Waals surface area (Å²) in [6.45, 7) is 2.00. The van der Waals surface area contributed by atoms with Crippen LogP contribution in [0.1, 0.15) is 5.56 Å². The molecule has 4 aromatic rings. The lowest BCUT2D eigenvalue weighted by atomic mass is 10.2. The van der Waals surface area contributed by atoms with Gasteiger partial charge >= 0.3 is 0 Å². The molecule has 136 valence electrons. The minimum atomic E-state index is -0.331. The maximum absolute atomic E-state index is 13.3. The zero-order valence-corrected chi connectivity index (χ0v) is 15.7. The average Bonchev–Trinajstić information content (AvgIpc) is 3.26. The summed E-state index contributed by atoms with van der Waals surface area (Å²) in [5.74, 6) is -0.447. The lowest BCUT2D eigenvalue weighted by Crippen LogP contribution is -2.14. The van der Waals surface area contributed by atoms with E-state index in [0.29, 0.717) is 20.5 Å². The van der Waals surface area contributed by atoms with Crippen LogP contribution in [0, 0.1) is 12.7 Å². The molecule has 2 heterocycles. The number of thioether (sulfide) groups is 1. The van der Waals surface area contributed by atoms with Gasteiger partial charge in [0.15, 0.2) is 5.13 Å². The third-order valence-electron chi connectivity index (χ3n) is 3.65. The van der Waals surface area contributed by atoms with Crippen LogP contribution in [-0.4, -0.2) is 36.9 Å². The fraction of sp³-hybridized carbons (Fsp3) is 0.118. The molecule has 0 spiro atoms. The summed E-state index contributed by atoms with van der Waals surface area (Å²) < 4.78 is 15.5. The summed E-state index contributed by atoms with van der Waals surface area (Å²) in [4.78, 5) is 16.5. The average molecular weight is 400 g/mol. The number of aromatic nitrogens is 5. The van der Waals surface area contributed by atoms with Gasteiger partial charge in [0, 0.05) is 0 Å². The molecule has 0 aliphatic carbocycles. The lowest BCUT2D eigenvalue weighted by molar-refractivity contribution is -0.113. The molecule has 0 aliphatic heterocycles. The molecule has 1 amide bonds. The largest absolute Gasteiger partial charge is 0.301 e. The first kappa shape index (κ1) is 17.6. The summed E-state index contributed by atoms with van der Waals surface area (Å²) in [5.41, 5.74) is 2.60. The first-order chi connectivity index (χ1) is 13.1. The van der Waals surface area contributed by atoms with Gasteiger partial charge in [0.2, 0.25) is 11.1 Å². The normalized spacial score (nSPS) is 11.0. The van der Waals surface area contributed by atoms with Crippen LogP contribution >= 0.6 is 23.1 Å². The molecule has 0 bridgehead atoms. The number of carbonyl (C=O) groups excluding carboxylic acids is 1. The third-order valence-corrected chi connectivity index (χ3v) is 5.50. The standard InChI is InChI=1S/C17H13FN6OS2/c1-10-2-5-12(6-3-10)24-17(21-22-23-24)26-9-15(25)20-16-19-13-7-4-11(18)8-14(13)27-16/h2-8H,9H2,1H3,(H,19,20,25). The number of anilines is 1. The molecule has 10 heteroatoms. The van der Waals surface area contributed by atoms with Gasteiger partial charge in [0.25, 0.3) is 0 Å². The number of nitrogens with one attached hydrogen (secondary N) is 1. The van der Waals surface area contributed by atoms with Crippen molar-refractivity contribution < 1.29 is 9.18 Å². The molecular weight excluding hydrogens is 387 g/mol. The Bertz CT molecular complexity index is 1110. The van der Waals surface area contributed by atoms with E-state index in [1.54, 1.807) is 10.7 Å². The van der Waals surface area contributed by atoms with Crippen molar-refractivity contribution in [1.82, 2.24) is 25.2 Å². The molecule has 7 nitrogen and oxygen atoms in total. The lowest BCUT2D eigenvalue weighted by Gasteiger charge is -2.04. The Labute approximate surface area is 161 Å². The van der Waals surface area contributed by atoms with Crippen LogP contribution < -0.4 is 5.32 Å². The van der Waals surface area contributed by atoms with Crippen molar-refractivity contribution in [3.63, 3.8) is 0 Å². The van der Waals surface area contributed by atoms with Crippen LogP contribution in [0.4, 0.5) is 9.52 Å². The van der Waals surface area contributed by atoms with Crippen molar-refractivity contribution in [3.8, 4) is 5.69 Å². The highest BCUT2D eigenvalue weighted by Gasteiger charge is 2.13. The Morgan fingerprint density at radius 1 is 1.26 bits per heavy atom. The van der Waals surface area contributed by atoms with E-state index in [1.165, 1.54) is 35.2 Å². The minimum absolute atomic E-state index is 0.122. The molecule has 2 aromatic heterocycles.